The number of fused-ring (bicyclic) bond motifs is 1. The molecule has 0 unspecified atom stereocenters. The van der Waals surface area contributed by atoms with E-state index in [2.05, 4.69) is 50.9 Å². The molecular formula is C31H31N3O2S. The number of hydrogen-bond donors (Lipinski definition) is 0. The molecule has 1 fully saturated rings. The van der Waals surface area contributed by atoms with E-state index in [-0.39, 0.29) is 11.4 Å². The van der Waals surface area contributed by atoms with Gasteiger partial charge in [0.05, 0.1) is 29.8 Å². The molecule has 0 atom stereocenters. The number of nitrogens with zero attached hydrogens (tertiary/aromatic N) is 3. The lowest BCUT2D eigenvalue weighted by atomic mass is 9.88. The lowest BCUT2D eigenvalue weighted by molar-refractivity contribution is -0.122. The molecule has 6 heteroatoms. The molecule has 2 heterocycles. The summed E-state index contributed by atoms with van der Waals surface area (Å²) in [6, 6.07) is 24.0. The van der Waals surface area contributed by atoms with Gasteiger partial charge >= 0.3 is 0 Å². The quantitative estimate of drug-likeness (QED) is 0.343. The van der Waals surface area contributed by atoms with E-state index in [0.29, 0.717) is 16.6 Å². The fourth-order valence-corrected chi connectivity index (χ4v) is 5.72. The van der Waals surface area contributed by atoms with Crippen LogP contribution < -0.4 is 9.64 Å². The summed E-state index contributed by atoms with van der Waals surface area (Å²) < 4.78 is 5.80. The molecule has 2 aliphatic rings. The van der Waals surface area contributed by atoms with Crippen LogP contribution in [0.15, 0.2) is 88.8 Å². The Morgan fingerprint density at radius 3 is 2.38 bits per heavy atom. The van der Waals surface area contributed by atoms with Crippen LogP contribution in [0.25, 0.3) is 11.6 Å². The number of likely N-dealkylation sites (N-methyl/N-ethyl adjacent to an activating group) is 1. The lowest BCUT2D eigenvalue weighted by Gasteiger charge is -2.41. The second-order valence-electron chi connectivity index (χ2n) is 9.87. The number of carbonyl (C=O) groups is 1. The number of methoxy groups -OCH3 is 1. The van der Waals surface area contributed by atoms with Crippen molar-refractivity contribution >= 4 is 45.9 Å². The number of hydrogen-bond acceptors (Lipinski definition) is 5. The number of thioether (sulfide) groups is 1. The van der Waals surface area contributed by atoms with Gasteiger partial charge in [-0.3, -0.25) is 9.69 Å². The maximum absolute atomic E-state index is 13.7. The molecule has 3 aromatic rings. The summed E-state index contributed by atoms with van der Waals surface area (Å²) >= 11 is 1.40. The van der Waals surface area contributed by atoms with Gasteiger partial charge < -0.3 is 9.64 Å². The van der Waals surface area contributed by atoms with Crippen LogP contribution in [0.3, 0.4) is 0 Å². The Bertz CT molecular complexity index is 1430. The molecule has 37 heavy (non-hydrogen) atoms. The molecule has 0 N–H and O–H groups in total. The molecule has 0 spiro atoms. The van der Waals surface area contributed by atoms with Crippen LogP contribution in [0.2, 0.25) is 0 Å². The molecule has 2 aliphatic heterocycles. The number of anilines is 1. The Morgan fingerprint density at radius 1 is 1.03 bits per heavy atom. The topological polar surface area (TPSA) is 45.1 Å². The monoisotopic (exact) mass is 509 g/mol. The van der Waals surface area contributed by atoms with Crippen molar-refractivity contribution in [1.29, 1.82) is 0 Å². The third kappa shape index (κ3) is 4.94. The number of aliphatic imine (C=N–C) groups is 1. The normalized spacial score (nSPS) is 18.8. The predicted molar refractivity (Wildman–Crippen MR) is 155 cm³/mol. The molecule has 1 amide bonds. The Morgan fingerprint density at radius 2 is 1.70 bits per heavy atom. The summed E-state index contributed by atoms with van der Waals surface area (Å²) in [7, 11) is 3.78. The molecule has 1 saturated heterocycles. The molecule has 188 valence electrons. The number of benzene rings is 3. The first-order valence-electron chi connectivity index (χ1n) is 12.3. The van der Waals surface area contributed by atoms with Crippen molar-refractivity contribution in [2.24, 2.45) is 4.99 Å². The summed E-state index contributed by atoms with van der Waals surface area (Å²) in [5.41, 5.74) is 6.11. The first-order valence-corrected chi connectivity index (χ1v) is 13.1. The van der Waals surface area contributed by atoms with Crippen LogP contribution in [0.4, 0.5) is 11.4 Å². The van der Waals surface area contributed by atoms with Gasteiger partial charge in [-0.1, -0.05) is 54.6 Å². The van der Waals surface area contributed by atoms with Crippen LogP contribution in [0.5, 0.6) is 5.75 Å². The Hall–Kier alpha value is -3.77. The molecule has 0 saturated carbocycles. The van der Waals surface area contributed by atoms with Crippen molar-refractivity contribution in [2.45, 2.75) is 32.9 Å². The number of rotatable bonds is 5. The minimum Gasteiger partial charge on any atom is -0.496 e. The largest absolute Gasteiger partial charge is 0.496 e. The summed E-state index contributed by atoms with van der Waals surface area (Å²) in [5.74, 6) is 0.675. The Labute approximate surface area is 223 Å². The maximum atomic E-state index is 13.7. The van der Waals surface area contributed by atoms with Crippen LogP contribution in [0, 0.1) is 0 Å². The fraction of sp³-hybridized carbons (Fsp3) is 0.226. The molecule has 5 nitrogen and oxygen atoms in total. The highest BCUT2D eigenvalue weighted by atomic mass is 32.2. The number of amidine groups is 1. The average Bonchev–Trinajstić information content (AvgIpc) is 3.17. The van der Waals surface area contributed by atoms with Gasteiger partial charge in [0.2, 0.25) is 0 Å². The van der Waals surface area contributed by atoms with E-state index in [4.69, 9.17) is 9.73 Å². The van der Waals surface area contributed by atoms with Gasteiger partial charge in [-0.2, -0.15) is 0 Å². The van der Waals surface area contributed by atoms with E-state index in [9.17, 15) is 4.79 Å². The number of carbonyl (C=O) groups excluding carboxylic acids is 1. The smallest absolute Gasteiger partial charge is 0.267 e. The first-order chi connectivity index (χ1) is 17.8. The van der Waals surface area contributed by atoms with Crippen molar-refractivity contribution in [3.05, 3.63) is 100 Å². The van der Waals surface area contributed by atoms with E-state index < -0.39 is 0 Å². The first kappa shape index (κ1) is 24.9. The van der Waals surface area contributed by atoms with Gasteiger partial charge in [-0.25, -0.2) is 4.99 Å². The lowest BCUT2D eigenvalue weighted by Crippen LogP contribution is -2.42. The Kier molecular flexibility index (Phi) is 6.69. The van der Waals surface area contributed by atoms with Crippen molar-refractivity contribution < 1.29 is 9.53 Å². The van der Waals surface area contributed by atoms with Crippen molar-refractivity contribution in [3.8, 4) is 5.75 Å². The van der Waals surface area contributed by atoms with Crippen LogP contribution in [-0.4, -0.2) is 35.7 Å². The summed E-state index contributed by atoms with van der Waals surface area (Å²) in [6.07, 6.45) is 4.21. The molecule has 0 aliphatic carbocycles. The predicted octanol–water partition coefficient (Wildman–Crippen LogP) is 7.13. The SMILES string of the molecule is COc1cc2c(cc1/C=C1/SC(=Nc3ccccc3)N(Cc3ccccc3)C1=O)C(C)=CC(C)(C)N2C. The minimum atomic E-state index is -0.0971. The Balaban J connectivity index is 1.56. The number of ether oxygens (including phenoxy) is 1. The average molecular weight is 510 g/mol. The van der Waals surface area contributed by atoms with Crippen LogP contribution in [-0.2, 0) is 11.3 Å². The standard InChI is InChI=1S/C31H31N3O2S/c1-21-19-31(2,3)33(4)26-18-27(36-5)23(16-25(21)26)17-28-29(35)34(20-22-12-8-6-9-13-22)30(37-28)32-24-14-10-7-11-15-24/h6-19H,20H2,1-5H3/b28-17+,32-30?. The van der Waals surface area contributed by atoms with E-state index in [1.54, 1.807) is 12.0 Å². The molecule has 5 rings (SSSR count). The highest BCUT2D eigenvalue weighted by molar-refractivity contribution is 8.18. The zero-order valence-corrected chi connectivity index (χ0v) is 22.7. The second kappa shape index (κ2) is 9.94. The van der Waals surface area contributed by atoms with Gasteiger partial charge in [-0.05, 0) is 67.9 Å². The van der Waals surface area contributed by atoms with Crippen LogP contribution in [0.1, 0.15) is 37.5 Å². The number of para-hydroxylation sites is 1. The highest BCUT2D eigenvalue weighted by Crippen LogP contribution is 2.43. The summed E-state index contributed by atoms with van der Waals surface area (Å²) in [6.45, 7) is 6.99. The van der Waals surface area contributed by atoms with Crippen molar-refractivity contribution in [2.75, 3.05) is 19.1 Å². The molecule has 3 aromatic carbocycles. The number of allylic oxidation sites excluding steroid dienone is 1. The number of amides is 1. The zero-order valence-electron chi connectivity index (χ0n) is 21.9. The van der Waals surface area contributed by atoms with E-state index in [1.165, 1.54) is 17.3 Å². The second-order valence-corrected chi connectivity index (χ2v) is 10.9. The highest BCUT2D eigenvalue weighted by Gasteiger charge is 2.34. The van der Waals surface area contributed by atoms with Crippen molar-refractivity contribution in [3.63, 3.8) is 0 Å². The maximum Gasteiger partial charge on any atom is 0.267 e. The summed E-state index contributed by atoms with van der Waals surface area (Å²) in [5, 5.41) is 0.667. The minimum absolute atomic E-state index is 0.0613. The van der Waals surface area contributed by atoms with E-state index in [1.807, 2.05) is 66.7 Å². The van der Waals surface area contributed by atoms with Gasteiger partial charge in [0.25, 0.3) is 5.91 Å². The van der Waals surface area contributed by atoms with Gasteiger partial charge in [0.1, 0.15) is 5.75 Å². The molecular weight excluding hydrogens is 478 g/mol. The van der Waals surface area contributed by atoms with Crippen molar-refractivity contribution in [1.82, 2.24) is 4.90 Å². The van der Waals surface area contributed by atoms with Gasteiger partial charge in [0, 0.05) is 29.9 Å². The zero-order chi connectivity index (χ0) is 26.2. The van der Waals surface area contributed by atoms with E-state index in [0.717, 1.165) is 33.8 Å². The molecule has 0 radical (unpaired) electrons. The molecule has 0 bridgehead atoms. The molecule has 0 aromatic heterocycles. The van der Waals surface area contributed by atoms with Gasteiger partial charge in [0.15, 0.2) is 5.17 Å². The third-order valence-electron chi connectivity index (χ3n) is 6.91. The third-order valence-corrected chi connectivity index (χ3v) is 7.91. The van der Waals surface area contributed by atoms with Gasteiger partial charge in [-0.15, -0.1) is 0 Å². The summed E-state index contributed by atoms with van der Waals surface area (Å²) in [4.78, 5) is 23.2. The fourth-order valence-electron chi connectivity index (χ4n) is 4.73. The van der Waals surface area contributed by atoms with E-state index >= 15 is 0 Å². The van der Waals surface area contributed by atoms with Crippen LogP contribution >= 0.6 is 11.8 Å².